The van der Waals surface area contributed by atoms with Crippen LogP contribution in [-0.4, -0.2) is 87.4 Å². The highest BCUT2D eigenvalue weighted by Gasteiger charge is 2.25. The molecule has 0 aromatic carbocycles. The lowest BCUT2D eigenvalue weighted by molar-refractivity contribution is 0.0205. The molecule has 170 valence electrons. The first-order valence-electron chi connectivity index (χ1n) is 10.8. The molecule has 3 heterocycles. The number of hydrogen-bond donors (Lipinski definition) is 1. The van der Waals surface area contributed by atoms with E-state index in [1.54, 1.807) is 12.1 Å². The van der Waals surface area contributed by atoms with Crippen LogP contribution < -0.4 is 5.32 Å². The first-order valence-corrected chi connectivity index (χ1v) is 10.8. The molecular formula is C21H35IN4O4. The minimum Gasteiger partial charge on any atom is -0.459 e. The van der Waals surface area contributed by atoms with Crippen LogP contribution in [0.3, 0.4) is 0 Å². The Kier molecular flexibility index (Phi) is 11.5. The summed E-state index contributed by atoms with van der Waals surface area (Å²) in [6, 6.07) is 3.46. The number of rotatable bonds is 8. The Morgan fingerprint density at radius 2 is 1.97 bits per heavy atom. The monoisotopic (exact) mass is 534 g/mol. The highest BCUT2D eigenvalue weighted by atomic mass is 127. The van der Waals surface area contributed by atoms with Crippen LogP contribution in [0.25, 0.3) is 0 Å². The van der Waals surface area contributed by atoms with Gasteiger partial charge in [0.05, 0.1) is 6.26 Å². The van der Waals surface area contributed by atoms with Gasteiger partial charge in [0.15, 0.2) is 11.7 Å². The summed E-state index contributed by atoms with van der Waals surface area (Å²) in [5, 5.41) is 3.37. The fraction of sp³-hybridized carbons (Fsp3) is 0.714. The average molecular weight is 534 g/mol. The Balaban J connectivity index is 0.00000320. The molecule has 0 atom stereocenters. The number of carbonyl (C=O) groups excluding carboxylic acids is 1. The largest absolute Gasteiger partial charge is 0.459 e. The molecule has 2 aliphatic heterocycles. The van der Waals surface area contributed by atoms with Crippen molar-refractivity contribution in [2.24, 2.45) is 10.9 Å². The zero-order valence-corrected chi connectivity index (χ0v) is 20.2. The molecule has 2 fully saturated rings. The van der Waals surface area contributed by atoms with Gasteiger partial charge >= 0.3 is 0 Å². The van der Waals surface area contributed by atoms with Gasteiger partial charge in [0.1, 0.15) is 0 Å². The minimum atomic E-state index is -0.0433. The van der Waals surface area contributed by atoms with Crippen LogP contribution in [-0.2, 0) is 9.47 Å². The van der Waals surface area contributed by atoms with Crippen molar-refractivity contribution in [1.82, 2.24) is 15.1 Å². The predicted octanol–water partition coefficient (Wildman–Crippen LogP) is 2.45. The maximum absolute atomic E-state index is 12.4. The summed E-state index contributed by atoms with van der Waals surface area (Å²) < 4.78 is 16.4. The van der Waals surface area contributed by atoms with E-state index in [9.17, 15) is 4.79 Å². The van der Waals surface area contributed by atoms with Crippen molar-refractivity contribution >= 4 is 35.8 Å². The number of amides is 1. The number of guanidine groups is 1. The van der Waals surface area contributed by atoms with Crippen LogP contribution in [0.2, 0.25) is 0 Å². The van der Waals surface area contributed by atoms with Gasteiger partial charge in [0.25, 0.3) is 5.91 Å². The van der Waals surface area contributed by atoms with Gasteiger partial charge in [-0.05, 0) is 44.2 Å². The van der Waals surface area contributed by atoms with Crippen molar-refractivity contribution in [3.8, 4) is 0 Å². The van der Waals surface area contributed by atoms with E-state index in [0.717, 1.165) is 77.8 Å². The number of aliphatic imine (C=N–C) groups is 1. The zero-order valence-electron chi connectivity index (χ0n) is 17.9. The number of furan rings is 1. The Bertz CT molecular complexity index is 627. The second kappa shape index (κ2) is 13.9. The first-order chi connectivity index (χ1) is 14.3. The number of piperazine rings is 1. The van der Waals surface area contributed by atoms with Gasteiger partial charge in [-0.3, -0.25) is 9.79 Å². The maximum Gasteiger partial charge on any atom is 0.289 e. The number of hydrogen-bond acceptors (Lipinski definition) is 5. The van der Waals surface area contributed by atoms with Crippen LogP contribution in [0, 0.1) is 5.92 Å². The molecule has 1 aromatic rings. The molecule has 2 aliphatic rings. The third kappa shape index (κ3) is 7.73. The highest BCUT2D eigenvalue weighted by molar-refractivity contribution is 14.0. The topological polar surface area (TPSA) is 79.5 Å². The third-order valence-electron chi connectivity index (χ3n) is 5.34. The van der Waals surface area contributed by atoms with E-state index < -0.39 is 0 Å². The van der Waals surface area contributed by atoms with Crippen molar-refractivity contribution in [3.05, 3.63) is 24.2 Å². The SMILES string of the molecule is CCNC(=NCCCOCC1CCOCC1)N1CCN(C(=O)c2ccco2)CC1.I. The van der Waals surface area contributed by atoms with E-state index in [-0.39, 0.29) is 29.9 Å². The molecule has 1 N–H and O–H groups in total. The summed E-state index contributed by atoms with van der Waals surface area (Å²) in [6.45, 7) is 9.79. The fourth-order valence-corrected chi connectivity index (χ4v) is 3.62. The van der Waals surface area contributed by atoms with E-state index in [2.05, 4.69) is 17.1 Å². The number of ether oxygens (including phenoxy) is 2. The third-order valence-corrected chi connectivity index (χ3v) is 5.34. The molecule has 8 nitrogen and oxygen atoms in total. The maximum atomic E-state index is 12.4. The lowest BCUT2D eigenvalue weighted by Gasteiger charge is -2.36. The lowest BCUT2D eigenvalue weighted by Crippen LogP contribution is -2.53. The Hall–Kier alpha value is -1.33. The molecule has 30 heavy (non-hydrogen) atoms. The molecule has 0 bridgehead atoms. The molecule has 0 spiro atoms. The zero-order chi connectivity index (χ0) is 20.3. The van der Waals surface area contributed by atoms with Crippen molar-refractivity contribution in [1.29, 1.82) is 0 Å². The number of nitrogens with zero attached hydrogens (tertiary/aromatic N) is 3. The summed E-state index contributed by atoms with van der Waals surface area (Å²) in [5.74, 6) is 1.92. The molecule has 9 heteroatoms. The quantitative estimate of drug-likeness (QED) is 0.239. The summed E-state index contributed by atoms with van der Waals surface area (Å²) in [7, 11) is 0. The van der Waals surface area contributed by atoms with Crippen molar-refractivity contribution < 1.29 is 18.7 Å². The normalized spacial score (nSPS) is 18.2. The van der Waals surface area contributed by atoms with E-state index in [1.807, 2.05) is 4.90 Å². The predicted molar refractivity (Wildman–Crippen MR) is 127 cm³/mol. The van der Waals surface area contributed by atoms with Gasteiger partial charge in [0.2, 0.25) is 0 Å². The van der Waals surface area contributed by atoms with E-state index in [0.29, 0.717) is 24.8 Å². The van der Waals surface area contributed by atoms with E-state index >= 15 is 0 Å². The van der Waals surface area contributed by atoms with Crippen molar-refractivity contribution in [3.63, 3.8) is 0 Å². The van der Waals surface area contributed by atoms with Crippen LogP contribution in [0.5, 0.6) is 0 Å². The Morgan fingerprint density at radius 1 is 1.23 bits per heavy atom. The van der Waals surface area contributed by atoms with Crippen LogP contribution in [0.1, 0.15) is 36.7 Å². The second-order valence-electron chi connectivity index (χ2n) is 7.48. The number of nitrogens with one attached hydrogen (secondary N) is 1. The molecule has 1 amide bonds. The first kappa shape index (κ1) is 24.9. The van der Waals surface area contributed by atoms with Crippen LogP contribution >= 0.6 is 24.0 Å². The van der Waals surface area contributed by atoms with Crippen molar-refractivity contribution in [2.45, 2.75) is 26.2 Å². The molecule has 1 aromatic heterocycles. The summed E-state index contributed by atoms with van der Waals surface area (Å²) >= 11 is 0. The number of halogens is 1. The Morgan fingerprint density at radius 3 is 2.63 bits per heavy atom. The number of carbonyl (C=O) groups is 1. The fourth-order valence-electron chi connectivity index (χ4n) is 3.62. The van der Waals surface area contributed by atoms with Crippen LogP contribution in [0.4, 0.5) is 0 Å². The van der Waals surface area contributed by atoms with E-state index in [1.165, 1.54) is 6.26 Å². The van der Waals surface area contributed by atoms with Gasteiger partial charge < -0.3 is 29.0 Å². The lowest BCUT2D eigenvalue weighted by atomic mass is 10.0. The second-order valence-corrected chi connectivity index (χ2v) is 7.48. The summed E-state index contributed by atoms with van der Waals surface area (Å²) in [4.78, 5) is 21.2. The molecule has 3 rings (SSSR count). The van der Waals surface area contributed by atoms with Crippen molar-refractivity contribution in [2.75, 3.05) is 65.7 Å². The molecule has 2 saturated heterocycles. The van der Waals surface area contributed by atoms with Gasteiger partial charge in [0, 0.05) is 65.7 Å². The minimum absolute atomic E-state index is 0. The van der Waals surface area contributed by atoms with Gasteiger partial charge in [-0.2, -0.15) is 0 Å². The van der Waals surface area contributed by atoms with Gasteiger partial charge in [-0.15, -0.1) is 24.0 Å². The van der Waals surface area contributed by atoms with Gasteiger partial charge in [-0.25, -0.2) is 0 Å². The van der Waals surface area contributed by atoms with Gasteiger partial charge in [-0.1, -0.05) is 0 Å². The van der Waals surface area contributed by atoms with E-state index in [4.69, 9.17) is 18.9 Å². The Labute approximate surface area is 196 Å². The highest BCUT2D eigenvalue weighted by Crippen LogP contribution is 2.14. The standard InChI is InChI=1S/C21H34N4O4.HI/c1-2-22-21(23-8-4-13-28-17-18-6-15-27-16-7-18)25-11-9-24(10-12-25)20(26)19-5-3-14-29-19;/h3,5,14,18H,2,4,6-13,15-17H2,1H3,(H,22,23);1H. The molecule has 0 aliphatic carbocycles. The molecule has 0 radical (unpaired) electrons. The average Bonchev–Trinajstić information content (AvgIpc) is 3.31. The van der Waals surface area contributed by atoms with Crippen LogP contribution in [0.15, 0.2) is 27.8 Å². The molecular weight excluding hydrogens is 499 g/mol. The smallest absolute Gasteiger partial charge is 0.289 e. The molecule has 0 saturated carbocycles. The summed E-state index contributed by atoms with van der Waals surface area (Å²) in [6.07, 6.45) is 4.66. The summed E-state index contributed by atoms with van der Waals surface area (Å²) in [5.41, 5.74) is 0. The molecule has 0 unspecified atom stereocenters.